The molecule has 3 rings (SSSR count). The molecule has 0 unspecified atom stereocenters. The van der Waals surface area contributed by atoms with E-state index in [9.17, 15) is 4.79 Å². The van der Waals surface area contributed by atoms with Crippen LogP contribution in [0, 0.1) is 0 Å². The zero-order valence-corrected chi connectivity index (χ0v) is 9.61. The van der Waals surface area contributed by atoms with E-state index >= 15 is 0 Å². The maximum absolute atomic E-state index is 11.2. The van der Waals surface area contributed by atoms with Gasteiger partial charge in [0.15, 0.2) is 0 Å². The van der Waals surface area contributed by atoms with Gasteiger partial charge in [0.1, 0.15) is 11.5 Å². The number of hydrogen-bond acceptors (Lipinski definition) is 2. The van der Waals surface area contributed by atoms with Gasteiger partial charge in [-0.3, -0.25) is 4.79 Å². The second-order valence-corrected chi connectivity index (χ2v) is 4.55. The summed E-state index contributed by atoms with van der Waals surface area (Å²) in [6.45, 7) is 0. The van der Waals surface area contributed by atoms with Crippen molar-refractivity contribution in [1.82, 2.24) is 4.98 Å². The summed E-state index contributed by atoms with van der Waals surface area (Å²) >= 11 is 0. The second kappa shape index (κ2) is 4.24. The fraction of sp³-hybridized carbons (Fsp3) is 0.357. The maximum Gasteiger partial charge on any atom is 0.144 e. The van der Waals surface area contributed by atoms with Crippen molar-refractivity contribution in [1.29, 1.82) is 0 Å². The highest BCUT2D eigenvalue weighted by Crippen LogP contribution is 2.28. The molecular weight excluding hydrogens is 214 g/mol. The molecule has 1 aliphatic rings. The molecule has 0 bridgehead atoms. The number of benzene rings is 1. The number of ether oxygens (including phenoxy) is 1. The summed E-state index contributed by atoms with van der Waals surface area (Å²) in [6, 6.07) is 8.09. The first-order valence-electron chi connectivity index (χ1n) is 6.07. The molecule has 1 aliphatic carbocycles. The van der Waals surface area contributed by atoms with Crippen LogP contribution < -0.4 is 4.74 Å². The number of carbonyl (C=O) groups is 1. The van der Waals surface area contributed by atoms with Gasteiger partial charge in [-0.2, -0.15) is 0 Å². The molecule has 1 N–H and O–H groups in total. The van der Waals surface area contributed by atoms with Crippen molar-refractivity contribution in [2.45, 2.75) is 31.8 Å². The lowest BCUT2D eigenvalue weighted by Gasteiger charge is -2.21. The van der Waals surface area contributed by atoms with Gasteiger partial charge in [0.2, 0.25) is 0 Å². The van der Waals surface area contributed by atoms with Crippen molar-refractivity contribution < 1.29 is 9.53 Å². The largest absolute Gasteiger partial charge is 0.488 e. The average Bonchev–Trinajstić information content (AvgIpc) is 2.76. The monoisotopic (exact) mass is 229 g/mol. The molecule has 1 aromatic carbocycles. The molecule has 2 aromatic rings. The van der Waals surface area contributed by atoms with Gasteiger partial charge >= 0.3 is 0 Å². The molecule has 88 valence electrons. The number of ketones is 1. The van der Waals surface area contributed by atoms with Gasteiger partial charge in [0.25, 0.3) is 0 Å². The molecule has 0 amide bonds. The summed E-state index contributed by atoms with van der Waals surface area (Å²) in [6.07, 6.45) is 5.10. The zero-order valence-electron chi connectivity index (χ0n) is 9.61. The Morgan fingerprint density at radius 3 is 2.76 bits per heavy atom. The standard InChI is InChI=1S/C14H15NO2/c16-10-5-7-11(8-6-10)17-14-9-15-13-4-2-1-3-12(13)14/h1-4,9,11,15H,5-8H2. The van der Waals surface area contributed by atoms with E-state index in [1.54, 1.807) is 0 Å². The highest BCUT2D eigenvalue weighted by Gasteiger charge is 2.20. The van der Waals surface area contributed by atoms with Crippen molar-refractivity contribution >= 4 is 16.7 Å². The molecule has 1 fully saturated rings. The van der Waals surface area contributed by atoms with Gasteiger partial charge in [0, 0.05) is 29.9 Å². The minimum atomic E-state index is 0.187. The Labute approximate surface area is 99.8 Å². The zero-order chi connectivity index (χ0) is 11.7. The number of rotatable bonds is 2. The Morgan fingerprint density at radius 2 is 1.94 bits per heavy atom. The van der Waals surface area contributed by atoms with Crippen molar-refractivity contribution in [3.05, 3.63) is 30.5 Å². The number of carbonyl (C=O) groups excluding carboxylic acids is 1. The summed E-state index contributed by atoms with van der Waals surface area (Å²) in [7, 11) is 0. The van der Waals surface area contributed by atoms with E-state index in [1.807, 2.05) is 24.4 Å². The lowest BCUT2D eigenvalue weighted by Crippen LogP contribution is -2.23. The number of aromatic nitrogens is 1. The molecule has 0 atom stereocenters. The van der Waals surface area contributed by atoms with E-state index < -0.39 is 0 Å². The molecule has 1 saturated carbocycles. The molecule has 0 saturated heterocycles. The Kier molecular flexibility index (Phi) is 2.59. The predicted octanol–water partition coefficient (Wildman–Crippen LogP) is 3.06. The molecule has 0 spiro atoms. The third-order valence-corrected chi connectivity index (χ3v) is 3.34. The fourth-order valence-corrected chi connectivity index (χ4v) is 2.35. The molecule has 0 radical (unpaired) electrons. The van der Waals surface area contributed by atoms with E-state index in [4.69, 9.17) is 4.74 Å². The van der Waals surface area contributed by atoms with E-state index in [2.05, 4.69) is 11.1 Å². The Morgan fingerprint density at radius 1 is 1.18 bits per heavy atom. The number of H-pyrrole nitrogens is 1. The minimum Gasteiger partial charge on any atom is -0.488 e. The summed E-state index contributed by atoms with van der Waals surface area (Å²) in [5.74, 6) is 1.27. The van der Waals surface area contributed by atoms with Crippen molar-refractivity contribution in [2.75, 3.05) is 0 Å². The highest BCUT2D eigenvalue weighted by molar-refractivity contribution is 5.86. The Hall–Kier alpha value is -1.77. The quantitative estimate of drug-likeness (QED) is 0.859. The van der Waals surface area contributed by atoms with Crippen LogP contribution in [-0.4, -0.2) is 16.9 Å². The molecular formula is C14H15NO2. The third-order valence-electron chi connectivity index (χ3n) is 3.34. The molecule has 1 aromatic heterocycles. The number of aromatic amines is 1. The highest BCUT2D eigenvalue weighted by atomic mass is 16.5. The predicted molar refractivity (Wildman–Crippen MR) is 66.2 cm³/mol. The lowest BCUT2D eigenvalue weighted by atomic mass is 9.96. The SMILES string of the molecule is O=C1CCC(Oc2c[nH]c3ccccc23)CC1. The molecule has 1 heterocycles. The van der Waals surface area contributed by atoms with Crippen LogP contribution in [0.5, 0.6) is 5.75 Å². The Balaban J connectivity index is 1.78. The molecule has 0 aliphatic heterocycles. The number of para-hydroxylation sites is 1. The van der Waals surface area contributed by atoms with Crippen LogP contribution in [0.25, 0.3) is 10.9 Å². The summed E-state index contributed by atoms with van der Waals surface area (Å²) in [4.78, 5) is 14.4. The molecule has 3 nitrogen and oxygen atoms in total. The van der Waals surface area contributed by atoms with Crippen LogP contribution in [0.1, 0.15) is 25.7 Å². The normalized spacial score (nSPS) is 17.5. The van der Waals surface area contributed by atoms with Gasteiger partial charge < -0.3 is 9.72 Å². The minimum absolute atomic E-state index is 0.187. The van der Waals surface area contributed by atoms with Crippen LogP contribution in [0.2, 0.25) is 0 Å². The lowest BCUT2D eigenvalue weighted by molar-refractivity contribution is -0.121. The van der Waals surface area contributed by atoms with Crippen molar-refractivity contribution in [2.24, 2.45) is 0 Å². The topological polar surface area (TPSA) is 42.1 Å². The first kappa shape index (κ1) is 10.4. The van der Waals surface area contributed by atoms with Crippen LogP contribution in [0.3, 0.4) is 0 Å². The number of hydrogen-bond donors (Lipinski definition) is 1. The van der Waals surface area contributed by atoms with Crippen molar-refractivity contribution in [3.8, 4) is 5.75 Å². The van der Waals surface area contributed by atoms with Crippen molar-refractivity contribution in [3.63, 3.8) is 0 Å². The van der Waals surface area contributed by atoms with E-state index in [0.29, 0.717) is 18.6 Å². The van der Waals surface area contributed by atoms with Gasteiger partial charge in [-0.25, -0.2) is 0 Å². The average molecular weight is 229 g/mol. The van der Waals surface area contributed by atoms with E-state index in [0.717, 1.165) is 29.5 Å². The van der Waals surface area contributed by atoms with Gasteiger partial charge in [-0.15, -0.1) is 0 Å². The summed E-state index contributed by atoms with van der Waals surface area (Å²) in [5.41, 5.74) is 1.09. The van der Waals surface area contributed by atoms with Gasteiger partial charge in [-0.1, -0.05) is 12.1 Å². The fourth-order valence-electron chi connectivity index (χ4n) is 2.35. The second-order valence-electron chi connectivity index (χ2n) is 4.55. The third kappa shape index (κ3) is 2.05. The molecule has 17 heavy (non-hydrogen) atoms. The number of fused-ring (bicyclic) bond motifs is 1. The Bertz CT molecular complexity index is 534. The maximum atomic E-state index is 11.2. The smallest absolute Gasteiger partial charge is 0.144 e. The number of Topliss-reactive ketones (excluding diaryl/α,β-unsaturated/α-hetero) is 1. The van der Waals surface area contributed by atoms with Crippen LogP contribution in [0.4, 0.5) is 0 Å². The van der Waals surface area contributed by atoms with Gasteiger partial charge in [0.05, 0.1) is 6.10 Å². The van der Waals surface area contributed by atoms with Crippen LogP contribution in [0.15, 0.2) is 30.5 Å². The van der Waals surface area contributed by atoms with Gasteiger partial charge in [-0.05, 0) is 25.0 Å². The summed E-state index contributed by atoms with van der Waals surface area (Å²) in [5, 5.41) is 1.12. The first-order chi connectivity index (χ1) is 8.33. The summed E-state index contributed by atoms with van der Waals surface area (Å²) < 4.78 is 5.97. The molecule has 3 heteroatoms. The first-order valence-corrected chi connectivity index (χ1v) is 6.07. The number of nitrogens with one attached hydrogen (secondary N) is 1. The van der Waals surface area contributed by atoms with Crippen LogP contribution >= 0.6 is 0 Å². The van der Waals surface area contributed by atoms with E-state index in [-0.39, 0.29) is 6.10 Å². The van der Waals surface area contributed by atoms with E-state index in [1.165, 1.54) is 0 Å². The van der Waals surface area contributed by atoms with Crippen LogP contribution in [-0.2, 0) is 4.79 Å².